The summed E-state index contributed by atoms with van der Waals surface area (Å²) < 4.78 is 12.7. The summed E-state index contributed by atoms with van der Waals surface area (Å²) in [5.41, 5.74) is 7.49. The van der Waals surface area contributed by atoms with Gasteiger partial charge in [-0.25, -0.2) is 19.9 Å². The van der Waals surface area contributed by atoms with E-state index in [0.717, 1.165) is 44.4 Å². The van der Waals surface area contributed by atoms with Gasteiger partial charge in [-0.1, -0.05) is 141 Å². The van der Waals surface area contributed by atoms with Crippen LogP contribution in [0.25, 0.3) is 61.8 Å². The number of hydrogen-bond donors (Lipinski definition) is 0. The molecule has 8 aromatic rings. The van der Waals surface area contributed by atoms with Gasteiger partial charge in [0.05, 0.1) is 0 Å². The van der Waals surface area contributed by atoms with Gasteiger partial charge in [0.1, 0.15) is 17.3 Å². The van der Waals surface area contributed by atoms with Crippen LogP contribution in [-0.2, 0) is 31.9 Å². The number of fused-ring (bicyclic) bond motifs is 3. The number of rotatable bonds is 7. The SMILES string of the molecule is C[N+]1=C=[N+](c2[c-]c(Oc3[c-]c4c(cc3-c3nc(-c5ccc(C(C)(C)C)cc5)nc(-c5ccc(C(C)(C)C)cc5)n3)c3ccccc3n4-c3ccccn3)ccc2)C=C1.[Pt+2]. The number of ether oxygens (including phenoxy) is 1. The van der Waals surface area contributed by atoms with Crippen molar-refractivity contribution in [3.63, 3.8) is 0 Å². The normalized spacial score (nSPS) is 12.7. The molecule has 59 heavy (non-hydrogen) atoms. The first-order chi connectivity index (χ1) is 27.9. The van der Waals surface area contributed by atoms with E-state index in [2.05, 4.69) is 137 Å². The van der Waals surface area contributed by atoms with Crippen molar-refractivity contribution in [2.24, 2.45) is 0 Å². The van der Waals surface area contributed by atoms with Crippen LogP contribution in [0, 0.1) is 12.1 Å². The Morgan fingerprint density at radius 2 is 1.27 bits per heavy atom. The predicted octanol–water partition coefficient (Wildman–Crippen LogP) is 11.3. The van der Waals surface area contributed by atoms with Gasteiger partial charge < -0.3 is 9.30 Å². The van der Waals surface area contributed by atoms with Gasteiger partial charge >= 0.3 is 27.1 Å². The Balaban J connectivity index is 0.00000484. The minimum atomic E-state index is 0. The van der Waals surface area contributed by atoms with Crippen LogP contribution in [0.15, 0.2) is 134 Å². The first-order valence-electron chi connectivity index (χ1n) is 19.5. The summed E-state index contributed by atoms with van der Waals surface area (Å²) in [4.78, 5) is 20.3. The Morgan fingerprint density at radius 1 is 0.644 bits per heavy atom. The number of nitrogens with zero attached hydrogens (tertiary/aromatic N) is 7. The van der Waals surface area contributed by atoms with Crippen molar-refractivity contribution in [2.75, 3.05) is 7.05 Å². The number of aromatic nitrogens is 5. The molecule has 0 saturated carbocycles. The number of pyridine rings is 1. The van der Waals surface area contributed by atoms with E-state index in [9.17, 15) is 0 Å². The molecule has 0 saturated heterocycles. The zero-order valence-electron chi connectivity index (χ0n) is 34.1. The van der Waals surface area contributed by atoms with Gasteiger partial charge in [-0.2, -0.15) is 6.07 Å². The van der Waals surface area contributed by atoms with Crippen LogP contribution in [0.3, 0.4) is 0 Å². The Kier molecular flexibility index (Phi) is 10.3. The van der Waals surface area contributed by atoms with Crippen molar-refractivity contribution >= 4 is 33.5 Å². The average Bonchev–Trinajstić information content (AvgIpc) is 3.81. The number of para-hydroxylation sites is 1. The molecule has 9 heteroatoms. The molecule has 0 aliphatic carbocycles. The fraction of sp³-hybridized carbons (Fsp3) is 0.180. The van der Waals surface area contributed by atoms with Crippen molar-refractivity contribution < 1.29 is 35.0 Å². The van der Waals surface area contributed by atoms with E-state index in [0.29, 0.717) is 34.5 Å². The summed E-state index contributed by atoms with van der Waals surface area (Å²) in [7, 11) is 1.93. The second-order valence-corrected chi connectivity index (χ2v) is 16.7. The van der Waals surface area contributed by atoms with Gasteiger partial charge in [-0.3, -0.25) is 0 Å². The Morgan fingerprint density at radius 3 is 1.86 bits per heavy atom. The third-order valence-corrected chi connectivity index (χ3v) is 10.4. The summed E-state index contributed by atoms with van der Waals surface area (Å²) >= 11 is 0. The van der Waals surface area contributed by atoms with E-state index < -0.39 is 0 Å². The molecular weight excluding hydrogens is 910 g/mol. The van der Waals surface area contributed by atoms with E-state index in [1.54, 1.807) is 6.20 Å². The Labute approximate surface area is 359 Å². The summed E-state index contributed by atoms with van der Waals surface area (Å²) in [6.07, 6.45) is 5.66. The van der Waals surface area contributed by atoms with E-state index in [-0.39, 0.29) is 31.9 Å². The molecule has 9 rings (SSSR count). The predicted molar refractivity (Wildman–Crippen MR) is 230 cm³/mol. The van der Waals surface area contributed by atoms with Crippen LogP contribution >= 0.6 is 0 Å². The van der Waals surface area contributed by atoms with Crippen LogP contribution in [0.2, 0.25) is 0 Å². The monoisotopic (exact) mass is 952 g/mol. The van der Waals surface area contributed by atoms with E-state index >= 15 is 0 Å². The van der Waals surface area contributed by atoms with Crippen LogP contribution in [0.4, 0.5) is 5.69 Å². The average molecular weight is 953 g/mol. The summed E-state index contributed by atoms with van der Waals surface area (Å²) in [6, 6.07) is 49.5. The maximum Gasteiger partial charge on any atom is 2.00 e. The molecule has 1 aliphatic heterocycles. The van der Waals surface area contributed by atoms with Gasteiger partial charge in [0, 0.05) is 34.3 Å². The van der Waals surface area contributed by atoms with E-state index in [4.69, 9.17) is 24.7 Å². The molecule has 0 N–H and O–H groups in total. The van der Waals surface area contributed by atoms with Crippen LogP contribution < -0.4 is 4.74 Å². The molecule has 0 unspecified atom stereocenters. The first-order valence-corrected chi connectivity index (χ1v) is 19.5. The zero-order chi connectivity index (χ0) is 40.2. The van der Waals surface area contributed by atoms with Crippen molar-refractivity contribution in [3.05, 3.63) is 157 Å². The van der Waals surface area contributed by atoms with Gasteiger partial charge in [-0.15, -0.1) is 23.6 Å². The minimum Gasteiger partial charge on any atom is -0.508 e. The molecule has 0 atom stereocenters. The molecule has 0 fully saturated rings. The third kappa shape index (κ3) is 7.82. The molecule has 0 bridgehead atoms. The smallest absolute Gasteiger partial charge is 0.508 e. The van der Waals surface area contributed by atoms with Crippen molar-refractivity contribution in [1.82, 2.24) is 24.5 Å². The zero-order valence-corrected chi connectivity index (χ0v) is 36.3. The Bertz CT molecular complexity index is 2890. The summed E-state index contributed by atoms with van der Waals surface area (Å²) in [6.45, 7) is 13.3. The Hall–Kier alpha value is -6.33. The summed E-state index contributed by atoms with van der Waals surface area (Å²) in [5.74, 6) is 3.31. The van der Waals surface area contributed by atoms with Crippen LogP contribution in [0.5, 0.6) is 11.5 Å². The molecule has 8 nitrogen and oxygen atoms in total. The molecule has 292 valence electrons. The van der Waals surface area contributed by atoms with Gasteiger partial charge in [0.25, 0.3) is 6.20 Å². The molecule has 3 aromatic heterocycles. The maximum absolute atomic E-state index is 6.85. The quantitative estimate of drug-likeness (QED) is 0.118. The molecule has 4 heterocycles. The first kappa shape index (κ1) is 39.5. The molecule has 0 amide bonds. The molecule has 1 aliphatic rings. The largest absolute Gasteiger partial charge is 2.00 e. The van der Waals surface area contributed by atoms with Crippen molar-refractivity contribution in [2.45, 2.75) is 52.4 Å². The van der Waals surface area contributed by atoms with Gasteiger partial charge in [-0.05, 0) is 51.1 Å². The third-order valence-electron chi connectivity index (χ3n) is 10.4. The van der Waals surface area contributed by atoms with Crippen molar-refractivity contribution in [3.8, 4) is 51.5 Å². The van der Waals surface area contributed by atoms with Crippen LogP contribution in [-0.4, -0.2) is 46.7 Å². The van der Waals surface area contributed by atoms with E-state index in [1.807, 2.05) is 71.1 Å². The maximum atomic E-state index is 6.85. The molecule has 0 radical (unpaired) electrons. The number of hydrogen-bond acceptors (Lipinski definition) is 5. The van der Waals surface area contributed by atoms with Crippen molar-refractivity contribution in [1.29, 1.82) is 0 Å². The molecular formula is C50H43N7OPt+2. The van der Waals surface area contributed by atoms with Gasteiger partial charge in [0.15, 0.2) is 18.7 Å². The fourth-order valence-corrected chi connectivity index (χ4v) is 7.17. The second kappa shape index (κ2) is 15.4. The van der Waals surface area contributed by atoms with E-state index in [1.165, 1.54) is 11.1 Å². The summed E-state index contributed by atoms with van der Waals surface area (Å²) in [5, 5.41) is 2.00. The second-order valence-electron chi connectivity index (χ2n) is 16.7. The van der Waals surface area contributed by atoms with Crippen LogP contribution in [0.1, 0.15) is 52.7 Å². The molecule has 0 spiro atoms. The fourth-order valence-electron chi connectivity index (χ4n) is 7.17. The standard InChI is InChI=1S/C50H43N7O.Pt/c1-49(2,3)35-22-18-33(19-23-35)46-52-47(34-20-24-36(25-21-34)50(4,5)6)54-48(53-46)41-30-40-39-15-8-9-16-42(39)57(45-17-10-11-26-51-45)43(40)31-44(41)58-38-14-12-13-37(29-38)56-28-27-55(7)32-56;/h8-28,30H,1-7H3;/q;+2. The molecule has 5 aromatic carbocycles. The number of benzene rings is 5. The van der Waals surface area contributed by atoms with Gasteiger partial charge in [0.2, 0.25) is 6.20 Å². The minimum absolute atomic E-state index is 0. The topological polar surface area (TPSA) is 71.7 Å².